The van der Waals surface area contributed by atoms with Crippen LogP contribution in [0.5, 0.6) is 0 Å². The molecule has 0 aromatic heterocycles. The number of rotatable bonds is 5. The van der Waals surface area contributed by atoms with Crippen LogP contribution in [0.15, 0.2) is 24.3 Å². The third-order valence-electron chi connectivity index (χ3n) is 6.41. The number of nitrogens with zero attached hydrogens (tertiary/aromatic N) is 1. The lowest BCUT2D eigenvalue weighted by Gasteiger charge is -2.43. The van der Waals surface area contributed by atoms with Gasteiger partial charge in [-0.2, -0.15) is 0 Å². The number of imide groups is 1. The molecule has 2 aliphatic rings. The molecule has 0 radical (unpaired) electrons. The second kappa shape index (κ2) is 8.05. The van der Waals surface area contributed by atoms with Gasteiger partial charge in [-0.1, -0.05) is 58.9 Å². The lowest BCUT2D eigenvalue weighted by atomic mass is 9.64. The average Bonchev–Trinajstić information content (AvgIpc) is 2.83. The van der Waals surface area contributed by atoms with E-state index in [0.29, 0.717) is 24.7 Å². The van der Waals surface area contributed by atoms with Gasteiger partial charge in [0, 0.05) is 0 Å². The molecule has 1 spiro atoms. The molecule has 1 aromatic carbocycles. The zero-order chi connectivity index (χ0) is 22.3. The normalized spacial score (nSPS) is 26.8. The molecule has 1 aliphatic heterocycles. The van der Waals surface area contributed by atoms with Crippen LogP contribution in [-0.2, 0) is 9.59 Å². The standard InChI is InChI=1S/C24H35N3O3/c1-15(2)18-7-9-19(10-8-18)17(4)25-20(28)13-27-21(29)24(26-22(27)30)12-16(3)11-23(5,6)14-24/h7-10,15-17H,11-14H2,1-6H3,(H,25,28)(H,26,30)/t16-,17-,24-/m0/s1. The number of carbonyl (C=O) groups excluding carboxylic acids is 3. The Morgan fingerprint density at radius 2 is 1.73 bits per heavy atom. The minimum absolute atomic E-state index is 0.0322. The number of amides is 4. The first-order chi connectivity index (χ1) is 13.9. The molecular formula is C24H35N3O3. The van der Waals surface area contributed by atoms with E-state index in [2.05, 4.69) is 57.4 Å². The predicted octanol–water partition coefficient (Wildman–Crippen LogP) is 4.12. The van der Waals surface area contributed by atoms with E-state index in [-0.39, 0.29) is 29.8 Å². The van der Waals surface area contributed by atoms with Crippen molar-refractivity contribution in [1.82, 2.24) is 15.5 Å². The third-order valence-corrected chi connectivity index (χ3v) is 6.41. The van der Waals surface area contributed by atoms with Crippen LogP contribution >= 0.6 is 0 Å². The Labute approximate surface area is 179 Å². The molecule has 6 heteroatoms. The lowest BCUT2D eigenvalue weighted by molar-refractivity contribution is -0.137. The third kappa shape index (κ3) is 4.52. The summed E-state index contributed by atoms with van der Waals surface area (Å²) in [4.78, 5) is 39.5. The second-order valence-corrected chi connectivity index (χ2v) is 10.4. The van der Waals surface area contributed by atoms with Crippen LogP contribution in [0.25, 0.3) is 0 Å². The van der Waals surface area contributed by atoms with E-state index in [1.807, 2.05) is 19.1 Å². The van der Waals surface area contributed by atoms with Gasteiger partial charge in [-0.15, -0.1) is 0 Å². The molecule has 3 atom stereocenters. The predicted molar refractivity (Wildman–Crippen MR) is 117 cm³/mol. The number of nitrogens with one attached hydrogen (secondary N) is 2. The Morgan fingerprint density at radius 1 is 1.13 bits per heavy atom. The summed E-state index contributed by atoms with van der Waals surface area (Å²) in [5.74, 6) is 0.180. The van der Waals surface area contributed by atoms with Crippen molar-refractivity contribution >= 4 is 17.8 Å². The Morgan fingerprint density at radius 3 is 2.30 bits per heavy atom. The molecule has 1 heterocycles. The van der Waals surface area contributed by atoms with Crippen LogP contribution in [0, 0.1) is 11.3 Å². The Kier molecular flexibility index (Phi) is 5.99. The maximum Gasteiger partial charge on any atom is 0.325 e. The van der Waals surface area contributed by atoms with Crippen LogP contribution in [0.4, 0.5) is 4.79 Å². The van der Waals surface area contributed by atoms with Gasteiger partial charge < -0.3 is 10.6 Å². The van der Waals surface area contributed by atoms with Gasteiger partial charge in [-0.3, -0.25) is 14.5 Å². The van der Waals surface area contributed by atoms with Crippen molar-refractivity contribution in [2.75, 3.05) is 6.54 Å². The summed E-state index contributed by atoms with van der Waals surface area (Å²) in [6, 6.07) is 7.48. The molecule has 1 aliphatic carbocycles. The van der Waals surface area contributed by atoms with E-state index < -0.39 is 11.6 Å². The average molecular weight is 414 g/mol. The summed E-state index contributed by atoms with van der Waals surface area (Å²) >= 11 is 0. The highest BCUT2D eigenvalue weighted by Gasteiger charge is 2.56. The fourth-order valence-electron chi connectivity index (χ4n) is 5.33. The minimum Gasteiger partial charge on any atom is -0.348 e. The highest BCUT2D eigenvalue weighted by atomic mass is 16.2. The summed E-state index contributed by atoms with van der Waals surface area (Å²) in [6.07, 6.45) is 2.24. The summed E-state index contributed by atoms with van der Waals surface area (Å²) < 4.78 is 0. The first-order valence-corrected chi connectivity index (χ1v) is 11.0. The highest BCUT2D eigenvalue weighted by molar-refractivity contribution is 6.09. The van der Waals surface area contributed by atoms with Crippen molar-refractivity contribution in [2.45, 2.75) is 78.3 Å². The van der Waals surface area contributed by atoms with Gasteiger partial charge in [-0.25, -0.2) is 4.79 Å². The van der Waals surface area contributed by atoms with Gasteiger partial charge in [0.05, 0.1) is 6.04 Å². The molecule has 1 saturated carbocycles. The van der Waals surface area contributed by atoms with Crippen LogP contribution in [0.3, 0.4) is 0 Å². The van der Waals surface area contributed by atoms with E-state index in [9.17, 15) is 14.4 Å². The molecule has 0 bridgehead atoms. The number of carbonyl (C=O) groups is 3. The van der Waals surface area contributed by atoms with Gasteiger partial charge in [0.2, 0.25) is 5.91 Å². The smallest absolute Gasteiger partial charge is 0.325 e. The van der Waals surface area contributed by atoms with Crippen molar-refractivity contribution < 1.29 is 14.4 Å². The van der Waals surface area contributed by atoms with Crippen molar-refractivity contribution in [3.63, 3.8) is 0 Å². The minimum atomic E-state index is -0.878. The van der Waals surface area contributed by atoms with Gasteiger partial charge in [0.15, 0.2) is 0 Å². The van der Waals surface area contributed by atoms with E-state index in [0.717, 1.165) is 16.9 Å². The van der Waals surface area contributed by atoms with Gasteiger partial charge in [0.1, 0.15) is 12.1 Å². The van der Waals surface area contributed by atoms with Crippen molar-refractivity contribution in [3.8, 4) is 0 Å². The maximum atomic E-state index is 13.2. The molecule has 6 nitrogen and oxygen atoms in total. The summed E-state index contributed by atoms with van der Waals surface area (Å²) in [7, 11) is 0. The maximum absolute atomic E-state index is 13.2. The Balaban J connectivity index is 1.65. The molecule has 0 unspecified atom stereocenters. The molecule has 1 saturated heterocycles. The summed E-state index contributed by atoms with van der Waals surface area (Å²) in [5.41, 5.74) is 1.32. The molecule has 164 valence electrons. The van der Waals surface area contributed by atoms with E-state index in [4.69, 9.17) is 0 Å². The molecule has 30 heavy (non-hydrogen) atoms. The summed E-state index contributed by atoms with van der Waals surface area (Å²) in [5, 5.41) is 5.84. The number of hydrogen-bond acceptors (Lipinski definition) is 3. The van der Waals surface area contributed by atoms with E-state index in [1.54, 1.807) is 0 Å². The largest absolute Gasteiger partial charge is 0.348 e. The number of urea groups is 1. The van der Waals surface area contributed by atoms with Crippen LogP contribution in [-0.4, -0.2) is 34.8 Å². The SMILES string of the molecule is CC(C)c1ccc([C@H](C)NC(=O)CN2C(=O)N[C@]3(C[C@@H](C)CC(C)(C)C3)C2=O)cc1. The fourth-order valence-corrected chi connectivity index (χ4v) is 5.33. The van der Waals surface area contributed by atoms with Gasteiger partial charge in [0.25, 0.3) is 5.91 Å². The van der Waals surface area contributed by atoms with Crippen molar-refractivity contribution in [1.29, 1.82) is 0 Å². The van der Waals surface area contributed by atoms with E-state index >= 15 is 0 Å². The van der Waals surface area contributed by atoms with Crippen LogP contribution in [0.2, 0.25) is 0 Å². The topological polar surface area (TPSA) is 78.5 Å². The van der Waals surface area contributed by atoms with Gasteiger partial charge in [-0.05, 0) is 54.6 Å². The number of benzene rings is 1. The van der Waals surface area contributed by atoms with Crippen molar-refractivity contribution in [2.24, 2.45) is 11.3 Å². The first kappa shape index (κ1) is 22.3. The molecule has 4 amide bonds. The first-order valence-electron chi connectivity index (χ1n) is 11.0. The quantitative estimate of drug-likeness (QED) is 0.713. The lowest BCUT2D eigenvalue weighted by Crippen LogP contribution is -2.54. The van der Waals surface area contributed by atoms with Crippen LogP contribution in [0.1, 0.15) is 83.9 Å². The second-order valence-electron chi connectivity index (χ2n) is 10.4. The highest BCUT2D eigenvalue weighted by Crippen LogP contribution is 2.46. The Hall–Kier alpha value is -2.37. The fraction of sp³-hybridized carbons (Fsp3) is 0.625. The monoisotopic (exact) mass is 413 g/mol. The van der Waals surface area contributed by atoms with E-state index in [1.165, 1.54) is 5.56 Å². The molecular weight excluding hydrogens is 378 g/mol. The number of hydrogen-bond donors (Lipinski definition) is 2. The molecule has 2 N–H and O–H groups in total. The molecule has 3 rings (SSSR count). The van der Waals surface area contributed by atoms with Crippen molar-refractivity contribution in [3.05, 3.63) is 35.4 Å². The molecule has 2 fully saturated rings. The van der Waals surface area contributed by atoms with Gasteiger partial charge >= 0.3 is 6.03 Å². The van der Waals surface area contributed by atoms with Crippen LogP contribution < -0.4 is 10.6 Å². The summed E-state index contributed by atoms with van der Waals surface area (Å²) in [6.45, 7) is 12.3. The zero-order valence-electron chi connectivity index (χ0n) is 19.0. The zero-order valence-corrected chi connectivity index (χ0v) is 19.0. The molecule has 1 aromatic rings. The Bertz CT molecular complexity index is 831.